The van der Waals surface area contributed by atoms with Gasteiger partial charge in [0.05, 0.1) is 18.1 Å². The van der Waals surface area contributed by atoms with Gasteiger partial charge in [0.15, 0.2) is 0 Å². The van der Waals surface area contributed by atoms with E-state index >= 15 is 0 Å². The standard InChI is InChI=1S/C4H11N3O2.Na.H/c1-3-6(4-2)7(9)5-8;;/h8H,3-4H2,1-2H3;;/b7-5+;;. The summed E-state index contributed by atoms with van der Waals surface area (Å²) in [6.45, 7) is 4.70. The van der Waals surface area contributed by atoms with Crippen LogP contribution in [0.4, 0.5) is 0 Å². The van der Waals surface area contributed by atoms with Crippen LogP contribution in [0.2, 0.25) is 0 Å². The molecule has 0 aromatic heterocycles. The molecule has 56 valence electrons. The minimum atomic E-state index is 0. The third-order valence-corrected chi connectivity index (χ3v) is 1.05. The van der Waals surface area contributed by atoms with E-state index in [0.29, 0.717) is 13.1 Å². The SMILES string of the molecule is CCN(CC)/[N+]([O-])=N\O.[NaH]. The number of rotatable bonds is 3. The van der Waals surface area contributed by atoms with Gasteiger partial charge in [-0.1, -0.05) is 0 Å². The third kappa shape index (κ3) is 3.92. The molecular formula is C4H12N3NaO2. The molecule has 0 saturated heterocycles. The molecule has 5 nitrogen and oxygen atoms in total. The Morgan fingerprint density at radius 2 is 1.90 bits per heavy atom. The summed E-state index contributed by atoms with van der Waals surface area (Å²) in [5, 5.41) is 22.1. The van der Waals surface area contributed by atoms with E-state index in [0.717, 1.165) is 0 Å². The van der Waals surface area contributed by atoms with E-state index in [2.05, 4.69) is 5.28 Å². The first kappa shape index (κ1) is 12.7. The van der Waals surface area contributed by atoms with Gasteiger partial charge >= 0.3 is 29.6 Å². The Labute approximate surface area is 82.1 Å². The Balaban J connectivity index is 0. The first-order chi connectivity index (χ1) is 4.26. The summed E-state index contributed by atoms with van der Waals surface area (Å²) in [4.78, 5) is 0.167. The van der Waals surface area contributed by atoms with E-state index in [1.54, 1.807) is 13.8 Å². The molecule has 0 amide bonds. The Hall–Kier alpha value is 0. The first-order valence-electron chi connectivity index (χ1n) is 2.83. The topological polar surface area (TPSA) is 61.9 Å². The molecule has 0 saturated carbocycles. The van der Waals surface area contributed by atoms with E-state index in [4.69, 9.17) is 5.21 Å². The average molecular weight is 157 g/mol. The van der Waals surface area contributed by atoms with Gasteiger partial charge in [-0.3, -0.25) is 0 Å². The van der Waals surface area contributed by atoms with Crippen LogP contribution in [0, 0.1) is 5.21 Å². The van der Waals surface area contributed by atoms with Crippen LogP contribution in [0.25, 0.3) is 0 Å². The molecule has 6 heteroatoms. The molecule has 10 heavy (non-hydrogen) atoms. The van der Waals surface area contributed by atoms with Crippen LogP contribution in [-0.2, 0) is 0 Å². The summed E-state index contributed by atoms with van der Waals surface area (Å²) in [7, 11) is 0. The Bertz CT molecular complexity index is 105. The molecule has 0 aliphatic rings. The summed E-state index contributed by atoms with van der Waals surface area (Å²) < 4.78 is 0. The van der Waals surface area contributed by atoms with Crippen LogP contribution < -0.4 is 0 Å². The van der Waals surface area contributed by atoms with Gasteiger partial charge in [-0.25, -0.2) is 0 Å². The fraction of sp³-hybridized carbons (Fsp3) is 1.00. The van der Waals surface area contributed by atoms with Crippen LogP contribution in [-0.4, -0.2) is 57.8 Å². The molecule has 0 aliphatic heterocycles. The van der Waals surface area contributed by atoms with E-state index in [1.807, 2.05) is 0 Å². The monoisotopic (exact) mass is 157 g/mol. The normalized spacial score (nSPS) is 10.4. The predicted octanol–water partition coefficient (Wildman–Crippen LogP) is -0.0536. The van der Waals surface area contributed by atoms with Crippen molar-refractivity contribution in [3.63, 3.8) is 0 Å². The second-order valence-corrected chi connectivity index (χ2v) is 1.48. The van der Waals surface area contributed by atoms with Crippen LogP contribution >= 0.6 is 0 Å². The molecule has 0 aromatic carbocycles. The molecule has 1 N–H and O–H groups in total. The molecule has 0 fully saturated rings. The zero-order valence-corrected chi connectivity index (χ0v) is 5.61. The van der Waals surface area contributed by atoms with Gasteiger partial charge < -0.3 is 10.4 Å². The minimum absolute atomic E-state index is 0. The van der Waals surface area contributed by atoms with E-state index in [1.165, 1.54) is 5.01 Å². The number of hydrazine groups is 1. The summed E-state index contributed by atoms with van der Waals surface area (Å²) in [5.74, 6) is 0. The molecule has 0 aliphatic carbocycles. The van der Waals surface area contributed by atoms with Crippen LogP contribution in [0.15, 0.2) is 5.28 Å². The van der Waals surface area contributed by atoms with E-state index in [-0.39, 0.29) is 34.5 Å². The third-order valence-electron chi connectivity index (χ3n) is 1.05. The quantitative estimate of drug-likeness (QED) is 0.270. The summed E-state index contributed by atoms with van der Waals surface area (Å²) in [6, 6.07) is 0. The van der Waals surface area contributed by atoms with Gasteiger partial charge in [-0.05, 0) is 13.8 Å². The van der Waals surface area contributed by atoms with Crippen molar-refractivity contribution in [2.24, 2.45) is 5.28 Å². The van der Waals surface area contributed by atoms with E-state index in [9.17, 15) is 5.21 Å². The van der Waals surface area contributed by atoms with Gasteiger partial charge in [-0.2, -0.15) is 0 Å². The second kappa shape index (κ2) is 7.11. The van der Waals surface area contributed by atoms with E-state index < -0.39 is 0 Å². The summed E-state index contributed by atoms with van der Waals surface area (Å²) in [5.41, 5.74) is 0. The zero-order chi connectivity index (χ0) is 7.28. The number of hydrogen-bond donors (Lipinski definition) is 1. The van der Waals surface area contributed by atoms with Crippen LogP contribution in [0.3, 0.4) is 0 Å². The fourth-order valence-corrected chi connectivity index (χ4v) is 0.522. The fourth-order valence-electron chi connectivity index (χ4n) is 0.522. The second-order valence-electron chi connectivity index (χ2n) is 1.48. The van der Waals surface area contributed by atoms with Crippen molar-refractivity contribution in [1.29, 1.82) is 0 Å². The van der Waals surface area contributed by atoms with Crippen LogP contribution in [0.5, 0.6) is 0 Å². The summed E-state index contributed by atoms with van der Waals surface area (Å²) >= 11 is 0. The molecular weight excluding hydrogens is 145 g/mol. The molecule has 0 rings (SSSR count). The maximum atomic E-state index is 10.4. The molecule has 0 aromatic rings. The molecule has 0 unspecified atom stereocenters. The van der Waals surface area contributed by atoms with Gasteiger partial charge in [0, 0.05) is 0 Å². The number of hydrogen-bond acceptors (Lipinski definition) is 2. The van der Waals surface area contributed by atoms with Crippen molar-refractivity contribution in [2.75, 3.05) is 13.1 Å². The van der Waals surface area contributed by atoms with Crippen molar-refractivity contribution in [1.82, 2.24) is 5.01 Å². The van der Waals surface area contributed by atoms with Crippen molar-refractivity contribution >= 4 is 29.6 Å². The molecule has 0 heterocycles. The Morgan fingerprint density at radius 1 is 1.50 bits per heavy atom. The number of nitrogens with zero attached hydrogens (tertiary/aromatic N) is 3. The van der Waals surface area contributed by atoms with Crippen LogP contribution in [0.1, 0.15) is 13.8 Å². The van der Waals surface area contributed by atoms with Gasteiger partial charge in [0.2, 0.25) is 5.28 Å². The van der Waals surface area contributed by atoms with Gasteiger partial charge in [-0.15, -0.1) is 5.01 Å². The average Bonchev–Trinajstić information content (AvgIpc) is 1.90. The van der Waals surface area contributed by atoms with Crippen molar-refractivity contribution in [3.8, 4) is 0 Å². The maximum absolute atomic E-state index is 10.4. The van der Waals surface area contributed by atoms with Crippen molar-refractivity contribution in [2.45, 2.75) is 13.8 Å². The van der Waals surface area contributed by atoms with Gasteiger partial charge in [0.1, 0.15) is 0 Å². The molecule has 0 bridgehead atoms. The first-order valence-corrected chi connectivity index (χ1v) is 2.83. The van der Waals surface area contributed by atoms with Crippen molar-refractivity contribution in [3.05, 3.63) is 5.21 Å². The molecule has 0 radical (unpaired) electrons. The molecule has 0 spiro atoms. The van der Waals surface area contributed by atoms with Gasteiger partial charge in [0.25, 0.3) is 0 Å². The molecule has 0 atom stereocenters. The Morgan fingerprint density at radius 3 is 2.00 bits per heavy atom. The summed E-state index contributed by atoms with van der Waals surface area (Å²) in [6.07, 6.45) is 0. The van der Waals surface area contributed by atoms with Crippen molar-refractivity contribution < 1.29 is 10.2 Å². The predicted molar refractivity (Wildman–Crippen MR) is 37.9 cm³/mol. The Kier molecular flexibility index (Phi) is 9.00. The zero-order valence-electron chi connectivity index (χ0n) is 5.61.